The molecular formula is C24H25Cl3N4O2. The number of aliphatic hydroxyl groups is 1. The van der Waals surface area contributed by atoms with Gasteiger partial charge in [-0.1, -0.05) is 48.7 Å². The first-order valence-corrected chi connectivity index (χ1v) is 12.2. The molecule has 1 saturated heterocycles. The third-order valence-corrected chi connectivity index (χ3v) is 7.81. The quantitative estimate of drug-likeness (QED) is 0.428. The van der Waals surface area contributed by atoms with Gasteiger partial charge in [0.25, 0.3) is 0 Å². The lowest BCUT2D eigenvalue weighted by molar-refractivity contribution is 0.145. The molecule has 33 heavy (non-hydrogen) atoms. The van der Waals surface area contributed by atoms with Crippen molar-refractivity contribution in [3.63, 3.8) is 0 Å². The van der Waals surface area contributed by atoms with E-state index in [9.17, 15) is 5.11 Å². The van der Waals surface area contributed by atoms with Crippen LogP contribution in [0.1, 0.15) is 44.6 Å². The van der Waals surface area contributed by atoms with Crippen LogP contribution in [0.25, 0.3) is 22.3 Å². The van der Waals surface area contributed by atoms with E-state index in [4.69, 9.17) is 49.5 Å². The summed E-state index contributed by atoms with van der Waals surface area (Å²) in [6, 6.07) is 3.71. The summed E-state index contributed by atoms with van der Waals surface area (Å²) in [6.45, 7) is 5.79. The van der Waals surface area contributed by atoms with Crippen LogP contribution in [-0.2, 0) is 0 Å². The maximum Gasteiger partial charge on any atom is 0.165 e. The van der Waals surface area contributed by atoms with E-state index >= 15 is 0 Å². The van der Waals surface area contributed by atoms with E-state index in [2.05, 4.69) is 23.7 Å². The number of rotatable bonds is 4. The minimum absolute atomic E-state index is 0.171. The van der Waals surface area contributed by atoms with Crippen LogP contribution in [0.2, 0.25) is 15.2 Å². The van der Waals surface area contributed by atoms with Crippen molar-refractivity contribution in [3.8, 4) is 17.1 Å². The van der Waals surface area contributed by atoms with E-state index in [1.165, 1.54) is 0 Å². The first-order chi connectivity index (χ1) is 15.7. The van der Waals surface area contributed by atoms with Crippen LogP contribution in [-0.4, -0.2) is 46.4 Å². The molecule has 0 amide bonds. The highest BCUT2D eigenvalue weighted by Crippen LogP contribution is 2.61. The van der Waals surface area contributed by atoms with Gasteiger partial charge < -0.3 is 14.7 Å². The van der Waals surface area contributed by atoms with Crippen LogP contribution in [0.15, 0.2) is 18.3 Å². The average molecular weight is 508 g/mol. The lowest BCUT2D eigenvalue weighted by Gasteiger charge is -2.31. The van der Waals surface area contributed by atoms with Gasteiger partial charge in [0.2, 0.25) is 0 Å². The predicted octanol–water partition coefficient (Wildman–Crippen LogP) is 6.14. The van der Waals surface area contributed by atoms with Crippen LogP contribution in [0.5, 0.6) is 5.75 Å². The third-order valence-electron chi connectivity index (χ3n) is 6.82. The van der Waals surface area contributed by atoms with Gasteiger partial charge in [-0.15, -0.1) is 0 Å². The van der Waals surface area contributed by atoms with Gasteiger partial charge in [0.1, 0.15) is 16.7 Å². The SMILES string of the molecule is COc1cc(C2CC2(C)C)c(Cl)c(-c2nc(N3CCC(O)CC3)c3cc(Cl)ncc3n2)c1Cl. The van der Waals surface area contributed by atoms with Crippen molar-refractivity contribution >= 4 is 51.5 Å². The lowest BCUT2D eigenvalue weighted by atomic mass is 9.99. The van der Waals surface area contributed by atoms with Crippen molar-refractivity contribution in [3.05, 3.63) is 39.1 Å². The van der Waals surface area contributed by atoms with Crippen LogP contribution < -0.4 is 9.64 Å². The second-order valence-electron chi connectivity index (χ2n) is 9.53. The maximum atomic E-state index is 9.99. The van der Waals surface area contributed by atoms with Gasteiger partial charge in [0.15, 0.2) is 5.82 Å². The number of fused-ring (bicyclic) bond motifs is 1. The Morgan fingerprint density at radius 2 is 1.79 bits per heavy atom. The monoisotopic (exact) mass is 506 g/mol. The molecule has 3 aromatic rings. The second kappa shape index (κ2) is 8.42. The highest BCUT2D eigenvalue weighted by atomic mass is 35.5. The molecular weight excluding hydrogens is 483 g/mol. The zero-order valence-corrected chi connectivity index (χ0v) is 21.0. The molecule has 5 rings (SSSR count). The van der Waals surface area contributed by atoms with Crippen LogP contribution in [0.3, 0.4) is 0 Å². The first kappa shape index (κ1) is 22.9. The molecule has 1 aliphatic heterocycles. The smallest absolute Gasteiger partial charge is 0.165 e. The van der Waals surface area contributed by atoms with E-state index < -0.39 is 0 Å². The van der Waals surface area contributed by atoms with Crippen molar-refractivity contribution in [1.29, 1.82) is 0 Å². The Bertz CT molecular complexity index is 1240. The van der Waals surface area contributed by atoms with E-state index in [0.29, 0.717) is 69.7 Å². The largest absolute Gasteiger partial charge is 0.495 e. The van der Waals surface area contributed by atoms with Gasteiger partial charge in [-0.2, -0.15) is 0 Å². The standard InChI is InChI=1S/C24H25Cl3N4O2/c1-24(2)10-15(24)13-8-17(33-3)21(27)19(20(13)26)22-29-16-11-28-18(25)9-14(16)23(30-22)31-6-4-12(32)5-7-31/h8-9,11-12,15,32H,4-7,10H2,1-3H3. The molecule has 9 heteroatoms. The summed E-state index contributed by atoms with van der Waals surface area (Å²) in [5.74, 6) is 2.02. The molecule has 1 aromatic carbocycles. The number of hydrogen-bond acceptors (Lipinski definition) is 6. The molecule has 6 nitrogen and oxygen atoms in total. The van der Waals surface area contributed by atoms with E-state index in [-0.39, 0.29) is 11.5 Å². The molecule has 1 unspecified atom stereocenters. The molecule has 1 saturated carbocycles. The van der Waals surface area contributed by atoms with E-state index in [1.807, 2.05) is 6.07 Å². The molecule has 2 aromatic heterocycles. The number of benzene rings is 1. The molecule has 0 spiro atoms. The zero-order chi connectivity index (χ0) is 23.5. The lowest BCUT2D eigenvalue weighted by Crippen LogP contribution is -2.36. The Morgan fingerprint density at radius 1 is 1.09 bits per heavy atom. The van der Waals surface area contributed by atoms with Crippen LogP contribution >= 0.6 is 34.8 Å². The topological polar surface area (TPSA) is 71.4 Å². The number of piperidine rings is 1. The molecule has 1 N–H and O–H groups in total. The van der Waals surface area contributed by atoms with Crippen LogP contribution in [0, 0.1) is 5.41 Å². The number of aromatic nitrogens is 3. The van der Waals surface area contributed by atoms with Crippen molar-refractivity contribution in [2.75, 3.05) is 25.1 Å². The first-order valence-electron chi connectivity index (χ1n) is 11.0. The third kappa shape index (κ3) is 4.12. The number of anilines is 1. The summed E-state index contributed by atoms with van der Waals surface area (Å²) < 4.78 is 5.60. The van der Waals surface area contributed by atoms with E-state index in [1.54, 1.807) is 19.4 Å². The molecule has 2 fully saturated rings. The second-order valence-corrected chi connectivity index (χ2v) is 10.7. The average Bonchev–Trinajstić information content (AvgIpc) is 3.42. The van der Waals surface area contributed by atoms with Gasteiger partial charge in [-0.05, 0) is 48.3 Å². The Kier molecular flexibility index (Phi) is 5.84. The summed E-state index contributed by atoms with van der Waals surface area (Å²) in [4.78, 5) is 16.1. The van der Waals surface area contributed by atoms with Gasteiger partial charge in [0, 0.05) is 18.5 Å². The fourth-order valence-corrected chi connectivity index (χ4v) is 5.53. The number of methoxy groups -OCH3 is 1. The van der Waals surface area contributed by atoms with Crippen LogP contribution in [0.4, 0.5) is 5.82 Å². The number of hydrogen-bond donors (Lipinski definition) is 1. The summed E-state index contributed by atoms with van der Waals surface area (Å²) in [7, 11) is 1.60. The number of nitrogens with zero attached hydrogens (tertiary/aromatic N) is 4. The normalized spacial score (nSPS) is 20.3. The maximum absolute atomic E-state index is 9.99. The molecule has 2 aliphatic rings. The van der Waals surface area contributed by atoms with Crippen molar-refractivity contribution < 1.29 is 9.84 Å². The van der Waals surface area contributed by atoms with Crippen molar-refractivity contribution in [2.24, 2.45) is 5.41 Å². The van der Waals surface area contributed by atoms with Gasteiger partial charge in [-0.3, -0.25) is 0 Å². The molecule has 0 bridgehead atoms. The number of aliphatic hydroxyl groups excluding tert-OH is 1. The van der Waals surface area contributed by atoms with Gasteiger partial charge in [-0.25, -0.2) is 15.0 Å². The highest BCUT2D eigenvalue weighted by Gasteiger charge is 2.48. The molecule has 174 valence electrons. The van der Waals surface area contributed by atoms with Gasteiger partial charge in [0.05, 0.1) is 40.5 Å². The number of ether oxygens (including phenoxy) is 1. The molecule has 0 radical (unpaired) electrons. The molecule has 1 aliphatic carbocycles. The fraction of sp³-hybridized carbons (Fsp3) is 0.458. The predicted molar refractivity (Wildman–Crippen MR) is 133 cm³/mol. The zero-order valence-electron chi connectivity index (χ0n) is 18.7. The Labute approximate surface area is 207 Å². The van der Waals surface area contributed by atoms with Crippen molar-refractivity contribution in [2.45, 2.75) is 45.1 Å². The Morgan fingerprint density at radius 3 is 2.42 bits per heavy atom. The Balaban J connectivity index is 1.72. The molecule has 3 heterocycles. The minimum atomic E-state index is -0.300. The summed E-state index contributed by atoms with van der Waals surface area (Å²) >= 11 is 20.0. The fourth-order valence-electron chi connectivity index (χ4n) is 4.65. The van der Waals surface area contributed by atoms with Gasteiger partial charge >= 0.3 is 0 Å². The molecule has 1 atom stereocenters. The number of halogens is 3. The van der Waals surface area contributed by atoms with E-state index in [0.717, 1.165) is 23.2 Å². The Hall–Kier alpha value is -1.86. The summed E-state index contributed by atoms with van der Waals surface area (Å²) in [5.41, 5.74) is 2.38. The summed E-state index contributed by atoms with van der Waals surface area (Å²) in [6.07, 6.45) is 3.71. The highest BCUT2D eigenvalue weighted by molar-refractivity contribution is 6.40. The number of pyridine rings is 1. The minimum Gasteiger partial charge on any atom is -0.495 e. The van der Waals surface area contributed by atoms with Crippen molar-refractivity contribution in [1.82, 2.24) is 15.0 Å². The summed E-state index contributed by atoms with van der Waals surface area (Å²) in [5, 5.41) is 12.1.